The van der Waals surface area contributed by atoms with Gasteiger partial charge in [-0.15, -0.1) is 0 Å². The Morgan fingerprint density at radius 2 is 2.20 bits per heavy atom. The first-order chi connectivity index (χ1) is 9.53. The third kappa shape index (κ3) is 3.49. The van der Waals surface area contributed by atoms with Crippen LogP contribution in [0.5, 0.6) is 5.75 Å². The molecule has 0 unspecified atom stereocenters. The lowest BCUT2D eigenvalue weighted by atomic mass is 10.3. The zero-order valence-electron chi connectivity index (χ0n) is 11.3. The molecule has 0 spiro atoms. The van der Waals surface area contributed by atoms with E-state index < -0.39 is 10.0 Å². The standard InChI is InChI=1S/C13H18N2O4S/c1-2-3-7-14-20(17,18)10-4-5-12-11(9-10)15-13(16)6-8-19-12/h4-5,9,14H,2-3,6-8H2,1H3,(H,15,16). The topological polar surface area (TPSA) is 84.5 Å². The molecule has 110 valence electrons. The van der Waals surface area contributed by atoms with Crippen molar-refractivity contribution in [3.63, 3.8) is 0 Å². The van der Waals surface area contributed by atoms with Crippen molar-refractivity contribution in [2.75, 3.05) is 18.5 Å². The van der Waals surface area contributed by atoms with Crippen LogP contribution in [0.2, 0.25) is 0 Å². The Morgan fingerprint density at radius 3 is 2.95 bits per heavy atom. The zero-order chi connectivity index (χ0) is 14.6. The molecular formula is C13H18N2O4S. The van der Waals surface area contributed by atoms with E-state index in [9.17, 15) is 13.2 Å². The number of carbonyl (C=O) groups excluding carboxylic acids is 1. The minimum absolute atomic E-state index is 0.123. The highest BCUT2D eigenvalue weighted by atomic mass is 32.2. The molecule has 0 atom stereocenters. The number of ether oxygens (including phenoxy) is 1. The molecule has 0 aromatic heterocycles. The third-order valence-electron chi connectivity index (χ3n) is 2.94. The van der Waals surface area contributed by atoms with Crippen molar-refractivity contribution in [2.45, 2.75) is 31.1 Å². The molecule has 20 heavy (non-hydrogen) atoms. The van der Waals surface area contributed by atoms with Gasteiger partial charge >= 0.3 is 0 Å². The summed E-state index contributed by atoms with van der Waals surface area (Å²) >= 11 is 0. The van der Waals surface area contributed by atoms with Gasteiger partial charge in [-0.3, -0.25) is 4.79 Å². The van der Waals surface area contributed by atoms with Gasteiger partial charge in [0, 0.05) is 6.54 Å². The van der Waals surface area contributed by atoms with E-state index in [4.69, 9.17) is 4.74 Å². The number of nitrogens with one attached hydrogen (secondary N) is 2. The fourth-order valence-electron chi connectivity index (χ4n) is 1.83. The Bertz CT molecular complexity index is 598. The van der Waals surface area contributed by atoms with E-state index in [1.807, 2.05) is 6.92 Å². The van der Waals surface area contributed by atoms with Crippen molar-refractivity contribution >= 4 is 21.6 Å². The van der Waals surface area contributed by atoms with Crippen molar-refractivity contribution in [1.82, 2.24) is 4.72 Å². The van der Waals surface area contributed by atoms with E-state index in [0.717, 1.165) is 12.8 Å². The molecule has 0 saturated carbocycles. The van der Waals surface area contributed by atoms with Crippen LogP contribution >= 0.6 is 0 Å². The number of carbonyl (C=O) groups is 1. The fourth-order valence-corrected chi connectivity index (χ4v) is 2.93. The third-order valence-corrected chi connectivity index (χ3v) is 4.40. The van der Waals surface area contributed by atoms with Crippen molar-refractivity contribution in [2.24, 2.45) is 0 Å². The first kappa shape index (κ1) is 14.8. The van der Waals surface area contributed by atoms with Gasteiger partial charge in [0.05, 0.1) is 23.6 Å². The summed E-state index contributed by atoms with van der Waals surface area (Å²) < 4.78 is 32.1. The lowest BCUT2D eigenvalue weighted by Crippen LogP contribution is -2.24. The van der Waals surface area contributed by atoms with Gasteiger partial charge in [0.25, 0.3) is 0 Å². The van der Waals surface area contributed by atoms with Crippen LogP contribution in [0.4, 0.5) is 5.69 Å². The molecule has 1 aromatic carbocycles. The molecule has 1 aliphatic rings. The molecule has 1 aliphatic heterocycles. The van der Waals surface area contributed by atoms with Crippen LogP contribution in [0, 0.1) is 0 Å². The van der Waals surface area contributed by atoms with Gasteiger partial charge in [-0.1, -0.05) is 13.3 Å². The summed E-state index contributed by atoms with van der Waals surface area (Å²) in [6, 6.07) is 4.47. The molecular weight excluding hydrogens is 280 g/mol. The number of fused-ring (bicyclic) bond motifs is 1. The summed E-state index contributed by atoms with van der Waals surface area (Å²) in [4.78, 5) is 11.6. The maximum absolute atomic E-state index is 12.1. The van der Waals surface area contributed by atoms with Gasteiger partial charge in [0.15, 0.2) is 0 Å². The van der Waals surface area contributed by atoms with E-state index in [0.29, 0.717) is 24.6 Å². The SMILES string of the molecule is CCCCNS(=O)(=O)c1ccc2c(c1)NC(=O)CCO2. The number of benzene rings is 1. The van der Waals surface area contributed by atoms with E-state index in [1.54, 1.807) is 6.07 Å². The lowest BCUT2D eigenvalue weighted by molar-refractivity contribution is -0.116. The van der Waals surface area contributed by atoms with E-state index in [2.05, 4.69) is 10.0 Å². The molecule has 7 heteroatoms. The molecule has 2 N–H and O–H groups in total. The number of amides is 1. The number of anilines is 1. The summed E-state index contributed by atoms with van der Waals surface area (Å²) in [6.45, 7) is 2.68. The van der Waals surface area contributed by atoms with Crippen LogP contribution in [-0.2, 0) is 14.8 Å². The molecule has 6 nitrogen and oxygen atoms in total. The number of rotatable bonds is 5. The van der Waals surface area contributed by atoms with E-state index in [-0.39, 0.29) is 17.2 Å². The van der Waals surface area contributed by atoms with Crippen LogP contribution < -0.4 is 14.8 Å². The first-order valence-corrected chi connectivity index (χ1v) is 8.07. The van der Waals surface area contributed by atoms with Crippen molar-refractivity contribution < 1.29 is 17.9 Å². The maximum atomic E-state index is 12.1. The highest BCUT2D eigenvalue weighted by Crippen LogP contribution is 2.29. The van der Waals surface area contributed by atoms with Gasteiger partial charge < -0.3 is 10.1 Å². The summed E-state index contributed by atoms with van der Waals surface area (Å²) in [7, 11) is -3.55. The highest BCUT2D eigenvalue weighted by molar-refractivity contribution is 7.89. The highest BCUT2D eigenvalue weighted by Gasteiger charge is 2.19. The minimum Gasteiger partial charge on any atom is -0.491 e. The molecule has 0 bridgehead atoms. The monoisotopic (exact) mass is 298 g/mol. The second-order valence-corrected chi connectivity index (χ2v) is 6.32. The van der Waals surface area contributed by atoms with Crippen LogP contribution in [0.25, 0.3) is 0 Å². The Morgan fingerprint density at radius 1 is 1.40 bits per heavy atom. The molecule has 1 aromatic rings. The number of hydrogen-bond acceptors (Lipinski definition) is 4. The van der Waals surface area contributed by atoms with Crippen molar-refractivity contribution in [1.29, 1.82) is 0 Å². The average Bonchev–Trinajstić information content (AvgIpc) is 2.58. The maximum Gasteiger partial charge on any atom is 0.240 e. The number of unbranched alkanes of at least 4 members (excludes halogenated alkanes) is 1. The predicted octanol–water partition coefficient (Wildman–Crippen LogP) is 1.49. The molecule has 0 aliphatic carbocycles. The first-order valence-electron chi connectivity index (χ1n) is 6.59. The van der Waals surface area contributed by atoms with Crippen LogP contribution in [0.1, 0.15) is 26.2 Å². The van der Waals surface area contributed by atoms with Crippen LogP contribution in [-0.4, -0.2) is 27.5 Å². The Kier molecular flexibility index (Phi) is 4.61. The van der Waals surface area contributed by atoms with Gasteiger partial charge in [0.2, 0.25) is 15.9 Å². The molecule has 1 amide bonds. The zero-order valence-corrected chi connectivity index (χ0v) is 12.1. The molecule has 0 radical (unpaired) electrons. The van der Waals surface area contributed by atoms with Crippen LogP contribution in [0.15, 0.2) is 23.1 Å². The van der Waals surface area contributed by atoms with Gasteiger partial charge in [-0.05, 0) is 24.6 Å². The second kappa shape index (κ2) is 6.23. The predicted molar refractivity (Wildman–Crippen MR) is 75.3 cm³/mol. The number of sulfonamides is 1. The quantitative estimate of drug-likeness (QED) is 0.807. The molecule has 0 fully saturated rings. The Balaban J connectivity index is 2.23. The lowest BCUT2D eigenvalue weighted by Gasteiger charge is -2.10. The summed E-state index contributed by atoms with van der Waals surface area (Å²) in [6.07, 6.45) is 1.95. The average molecular weight is 298 g/mol. The molecule has 2 rings (SSSR count). The second-order valence-electron chi connectivity index (χ2n) is 4.56. The van der Waals surface area contributed by atoms with E-state index in [1.165, 1.54) is 12.1 Å². The van der Waals surface area contributed by atoms with Gasteiger partial charge in [-0.2, -0.15) is 0 Å². The van der Waals surface area contributed by atoms with Crippen LogP contribution in [0.3, 0.4) is 0 Å². The van der Waals surface area contributed by atoms with Crippen molar-refractivity contribution in [3.05, 3.63) is 18.2 Å². The van der Waals surface area contributed by atoms with Gasteiger partial charge in [0.1, 0.15) is 5.75 Å². The molecule has 1 heterocycles. The summed E-state index contributed by atoms with van der Waals surface area (Å²) in [5, 5.41) is 2.65. The Hall–Kier alpha value is -1.60. The fraction of sp³-hybridized carbons (Fsp3) is 0.462. The summed E-state index contributed by atoms with van der Waals surface area (Å²) in [5.74, 6) is 0.306. The largest absolute Gasteiger partial charge is 0.491 e. The minimum atomic E-state index is -3.55. The normalized spacial score (nSPS) is 14.9. The molecule has 0 saturated heterocycles. The van der Waals surface area contributed by atoms with E-state index >= 15 is 0 Å². The Labute approximate surface area is 118 Å². The summed E-state index contributed by atoms with van der Waals surface area (Å²) in [5.41, 5.74) is 0.394. The number of hydrogen-bond donors (Lipinski definition) is 2. The smallest absolute Gasteiger partial charge is 0.240 e. The van der Waals surface area contributed by atoms with Crippen molar-refractivity contribution in [3.8, 4) is 5.75 Å². The van der Waals surface area contributed by atoms with Gasteiger partial charge in [-0.25, -0.2) is 13.1 Å².